The van der Waals surface area contributed by atoms with Crippen LogP contribution in [0, 0.1) is 5.82 Å². The maximum absolute atomic E-state index is 13.7. The van der Waals surface area contributed by atoms with Crippen LogP contribution in [-0.4, -0.2) is 35.4 Å². The third-order valence-electron chi connectivity index (χ3n) is 3.98. The van der Waals surface area contributed by atoms with E-state index in [1.807, 2.05) is 44.2 Å². The minimum Gasteiger partial charge on any atom is -0.481 e. The van der Waals surface area contributed by atoms with Crippen LogP contribution in [0.1, 0.15) is 26.3 Å². The zero-order chi connectivity index (χ0) is 19.8. The van der Waals surface area contributed by atoms with Crippen molar-refractivity contribution in [2.24, 2.45) is 0 Å². The van der Waals surface area contributed by atoms with Crippen molar-refractivity contribution in [3.63, 3.8) is 0 Å². The van der Waals surface area contributed by atoms with E-state index in [-0.39, 0.29) is 30.9 Å². The Balaban J connectivity index is 2.13. The second-order valence-electron chi connectivity index (χ2n) is 6.57. The van der Waals surface area contributed by atoms with Gasteiger partial charge in [-0.3, -0.25) is 9.59 Å². The molecule has 6 heteroatoms. The Bertz CT molecular complexity index is 765. The largest absolute Gasteiger partial charge is 0.481 e. The van der Waals surface area contributed by atoms with Gasteiger partial charge in [0, 0.05) is 12.6 Å². The highest BCUT2D eigenvalue weighted by Gasteiger charge is 2.27. The SMILES string of the molecule is CC(C)NC(=O)C(C)N(Cc1ccccc1)C(=O)COc1ccccc1F. The number of nitrogens with zero attached hydrogens (tertiary/aromatic N) is 1. The van der Waals surface area contributed by atoms with Crippen molar-refractivity contribution in [1.82, 2.24) is 10.2 Å². The molecule has 2 aromatic carbocycles. The Morgan fingerprint density at radius 1 is 1.04 bits per heavy atom. The number of carbonyl (C=O) groups excluding carboxylic acids is 2. The monoisotopic (exact) mass is 372 g/mol. The summed E-state index contributed by atoms with van der Waals surface area (Å²) in [6.07, 6.45) is 0. The Kier molecular flexibility index (Phi) is 7.34. The Morgan fingerprint density at radius 2 is 1.67 bits per heavy atom. The average molecular weight is 372 g/mol. The molecule has 0 radical (unpaired) electrons. The number of hydrogen-bond donors (Lipinski definition) is 1. The molecule has 1 N–H and O–H groups in total. The third-order valence-corrected chi connectivity index (χ3v) is 3.98. The Hall–Kier alpha value is -2.89. The first-order valence-corrected chi connectivity index (χ1v) is 8.89. The van der Waals surface area contributed by atoms with Gasteiger partial charge in [0.25, 0.3) is 5.91 Å². The first-order chi connectivity index (χ1) is 12.9. The Morgan fingerprint density at radius 3 is 2.30 bits per heavy atom. The molecule has 27 heavy (non-hydrogen) atoms. The first-order valence-electron chi connectivity index (χ1n) is 8.89. The second-order valence-corrected chi connectivity index (χ2v) is 6.57. The van der Waals surface area contributed by atoms with E-state index < -0.39 is 17.8 Å². The molecule has 1 unspecified atom stereocenters. The summed E-state index contributed by atoms with van der Waals surface area (Å²) >= 11 is 0. The number of ether oxygens (including phenoxy) is 1. The van der Waals surface area contributed by atoms with Crippen molar-refractivity contribution in [3.05, 3.63) is 66.0 Å². The lowest BCUT2D eigenvalue weighted by molar-refractivity contribution is -0.142. The summed E-state index contributed by atoms with van der Waals surface area (Å²) in [5.74, 6) is -1.18. The molecular weight excluding hydrogens is 347 g/mol. The summed E-state index contributed by atoms with van der Waals surface area (Å²) in [5, 5.41) is 2.81. The van der Waals surface area contributed by atoms with E-state index >= 15 is 0 Å². The normalized spacial score (nSPS) is 11.7. The van der Waals surface area contributed by atoms with Crippen LogP contribution in [0.2, 0.25) is 0 Å². The van der Waals surface area contributed by atoms with Gasteiger partial charge in [-0.05, 0) is 38.5 Å². The van der Waals surface area contributed by atoms with Crippen LogP contribution in [0.4, 0.5) is 4.39 Å². The minimum absolute atomic E-state index is 0.00444. The van der Waals surface area contributed by atoms with Gasteiger partial charge in [0.15, 0.2) is 18.2 Å². The molecule has 0 aliphatic rings. The number of nitrogens with one attached hydrogen (secondary N) is 1. The van der Waals surface area contributed by atoms with E-state index in [1.165, 1.54) is 17.0 Å². The molecule has 2 aromatic rings. The molecule has 0 aliphatic carbocycles. The van der Waals surface area contributed by atoms with Gasteiger partial charge < -0.3 is 15.0 Å². The maximum Gasteiger partial charge on any atom is 0.261 e. The molecule has 0 bridgehead atoms. The summed E-state index contributed by atoms with van der Waals surface area (Å²) in [5.41, 5.74) is 0.890. The van der Waals surface area contributed by atoms with Crippen molar-refractivity contribution < 1.29 is 18.7 Å². The fourth-order valence-electron chi connectivity index (χ4n) is 2.55. The highest BCUT2D eigenvalue weighted by Crippen LogP contribution is 2.16. The van der Waals surface area contributed by atoms with Crippen LogP contribution < -0.4 is 10.1 Å². The van der Waals surface area contributed by atoms with E-state index in [0.717, 1.165) is 5.56 Å². The molecule has 0 heterocycles. The number of hydrogen-bond acceptors (Lipinski definition) is 3. The van der Waals surface area contributed by atoms with Crippen molar-refractivity contribution in [3.8, 4) is 5.75 Å². The molecule has 0 aliphatic heterocycles. The third kappa shape index (κ3) is 6.09. The predicted octanol–water partition coefficient (Wildman–Crippen LogP) is 3.15. The van der Waals surface area contributed by atoms with Gasteiger partial charge in [0.2, 0.25) is 5.91 Å². The first kappa shape index (κ1) is 20.4. The molecule has 2 rings (SSSR count). The average Bonchev–Trinajstić information content (AvgIpc) is 2.65. The van der Waals surface area contributed by atoms with Crippen LogP contribution in [0.5, 0.6) is 5.75 Å². The quantitative estimate of drug-likeness (QED) is 0.774. The van der Waals surface area contributed by atoms with Gasteiger partial charge >= 0.3 is 0 Å². The topological polar surface area (TPSA) is 58.6 Å². The smallest absolute Gasteiger partial charge is 0.261 e. The zero-order valence-electron chi connectivity index (χ0n) is 15.8. The predicted molar refractivity (Wildman–Crippen MR) is 102 cm³/mol. The molecule has 0 saturated heterocycles. The van der Waals surface area contributed by atoms with Crippen LogP contribution in [-0.2, 0) is 16.1 Å². The molecule has 0 fully saturated rings. The lowest BCUT2D eigenvalue weighted by Gasteiger charge is -2.29. The molecule has 2 amide bonds. The number of carbonyl (C=O) groups is 2. The van der Waals surface area contributed by atoms with E-state index in [2.05, 4.69) is 5.32 Å². The fraction of sp³-hybridized carbons (Fsp3) is 0.333. The second kappa shape index (κ2) is 9.71. The van der Waals surface area contributed by atoms with Gasteiger partial charge in [0.1, 0.15) is 6.04 Å². The number of amides is 2. The summed E-state index contributed by atoms with van der Waals surface area (Å²) < 4.78 is 19.0. The van der Waals surface area contributed by atoms with E-state index in [0.29, 0.717) is 0 Å². The van der Waals surface area contributed by atoms with Crippen molar-refractivity contribution in [2.75, 3.05) is 6.61 Å². The van der Waals surface area contributed by atoms with Crippen molar-refractivity contribution >= 4 is 11.8 Å². The summed E-state index contributed by atoms with van der Waals surface area (Å²) in [4.78, 5) is 26.6. The van der Waals surface area contributed by atoms with Gasteiger partial charge in [-0.1, -0.05) is 42.5 Å². The highest BCUT2D eigenvalue weighted by atomic mass is 19.1. The van der Waals surface area contributed by atoms with Crippen LogP contribution in [0.25, 0.3) is 0 Å². The highest BCUT2D eigenvalue weighted by molar-refractivity contribution is 5.88. The number of benzene rings is 2. The van der Waals surface area contributed by atoms with Gasteiger partial charge in [-0.15, -0.1) is 0 Å². The molecule has 5 nitrogen and oxygen atoms in total. The lowest BCUT2D eigenvalue weighted by atomic mass is 10.1. The van der Waals surface area contributed by atoms with Gasteiger partial charge in [-0.2, -0.15) is 0 Å². The fourth-order valence-corrected chi connectivity index (χ4v) is 2.55. The molecular formula is C21H25FN2O3. The molecule has 0 aromatic heterocycles. The van der Waals surface area contributed by atoms with Crippen LogP contribution >= 0.6 is 0 Å². The summed E-state index contributed by atoms with van der Waals surface area (Å²) in [6, 6.07) is 14.5. The van der Waals surface area contributed by atoms with Crippen LogP contribution in [0.3, 0.4) is 0 Å². The summed E-state index contributed by atoms with van der Waals surface area (Å²) in [7, 11) is 0. The molecule has 0 spiro atoms. The molecule has 0 saturated carbocycles. The van der Waals surface area contributed by atoms with Crippen molar-refractivity contribution in [2.45, 2.75) is 39.4 Å². The number of halogens is 1. The van der Waals surface area contributed by atoms with E-state index in [9.17, 15) is 14.0 Å². The summed E-state index contributed by atoms with van der Waals surface area (Å²) in [6.45, 7) is 5.28. The van der Waals surface area contributed by atoms with Crippen LogP contribution in [0.15, 0.2) is 54.6 Å². The van der Waals surface area contributed by atoms with Gasteiger partial charge in [0.05, 0.1) is 0 Å². The minimum atomic E-state index is -0.690. The van der Waals surface area contributed by atoms with Crippen molar-refractivity contribution in [1.29, 1.82) is 0 Å². The molecule has 144 valence electrons. The standard InChI is InChI=1S/C21H25FN2O3/c1-15(2)23-21(26)16(3)24(13-17-9-5-4-6-10-17)20(25)14-27-19-12-8-7-11-18(19)22/h4-12,15-16H,13-14H2,1-3H3,(H,23,26). The lowest BCUT2D eigenvalue weighted by Crippen LogP contribution is -2.50. The number of para-hydroxylation sites is 1. The Labute approximate surface area is 159 Å². The van der Waals surface area contributed by atoms with E-state index in [1.54, 1.807) is 19.1 Å². The number of rotatable bonds is 8. The maximum atomic E-state index is 13.7. The van der Waals surface area contributed by atoms with E-state index in [4.69, 9.17) is 4.74 Å². The van der Waals surface area contributed by atoms with Gasteiger partial charge in [-0.25, -0.2) is 4.39 Å². The molecule has 1 atom stereocenters. The zero-order valence-corrected chi connectivity index (χ0v) is 15.8.